The fourth-order valence-corrected chi connectivity index (χ4v) is 1.18. The van der Waals surface area contributed by atoms with Gasteiger partial charge in [0.25, 0.3) is 0 Å². The van der Waals surface area contributed by atoms with E-state index in [0.29, 0.717) is 0 Å². The van der Waals surface area contributed by atoms with E-state index >= 15 is 0 Å². The van der Waals surface area contributed by atoms with Gasteiger partial charge in [0.2, 0.25) is 0 Å². The summed E-state index contributed by atoms with van der Waals surface area (Å²) in [4.78, 5) is 0. The second kappa shape index (κ2) is 4.68. The smallest absolute Gasteiger partial charge is 0.495 e. The van der Waals surface area contributed by atoms with Gasteiger partial charge in [-0.15, -0.1) is 0 Å². The Morgan fingerprint density at radius 2 is 1.65 bits per heavy atom. The van der Waals surface area contributed by atoms with Gasteiger partial charge in [0.1, 0.15) is 5.75 Å². The van der Waals surface area contributed by atoms with Crippen molar-refractivity contribution >= 4 is 12.6 Å². The third-order valence-electron chi connectivity index (χ3n) is 3.08. The van der Waals surface area contributed by atoms with Crippen molar-refractivity contribution in [2.75, 3.05) is 0 Å². The Labute approximate surface area is 102 Å². The third-order valence-corrected chi connectivity index (χ3v) is 3.08. The van der Waals surface area contributed by atoms with Gasteiger partial charge in [-0.3, -0.25) is 0 Å². The summed E-state index contributed by atoms with van der Waals surface area (Å²) >= 11 is 0. The van der Waals surface area contributed by atoms with Crippen LogP contribution in [0.1, 0.15) is 27.7 Å². The molecule has 0 fully saturated rings. The molecular formula is C12H19BO4. The number of phenolic OH excluding ortho intramolecular Hbond substituents is 1. The summed E-state index contributed by atoms with van der Waals surface area (Å²) < 4.78 is 5.41. The largest absolute Gasteiger partial charge is 0.508 e. The zero-order chi connectivity index (χ0) is 13.3. The molecule has 0 saturated heterocycles. The lowest BCUT2D eigenvalue weighted by Gasteiger charge is -2.38. The second-order valence-corrected chi connectivity index (χ2v) is 5.10. The first-order valence-electron chi connectivity index (χ1n) is 5.51. The molecule has 5 heteroatoms. The fourth-order valence-electron chi connectivity index (χ4n) is 1.18. The van der Waals surface area contributed by atoms with Crippen LogP contribution in [0.5, 0.6) is 5.75 Å². The van der Waals surface area contributed by atoms with Crippen molar-refractivity contribution in [2.45, 2.75) is 38.9 Å². The monoisotopic (exact) mass is 238 g/mol. The van der Waals surface area contributed by atoms with Gasteiger partial charge in [0.15, 0.2) is 0 Å². The van der Waals surface area contributed by atoms with E-state index < -0.39 is 18.3 Å². The first-order chi connectivity index (χ1) is 7.65. The van der Waals surface area contributed by atoms with E-state index in [4.69, 9.17) is 4.65 Å². The van der Waals surface area contributed by atoms with Gasteiger partial charge in [-0.25, -0.2) is 0 Å². The van der Waals surface area contributed by atoms with Crippen molar-refractivity contribution in [3.63, 3.8) is 0 Å². The molecule has 4 nitrogen and oxygen atoms in total. The fraction of sp³-hybridized carbons (Fsp3) is 0.500. The maximum Gasteiger partial charge on any atom is 0.495 e. The zero-order valence-corrected chi connectivity index (χ0v) is 10.6. The first kappa shape index (κ1) is 14.0. The number of rotatable bonds is 4. The average Bonchev–Trinajstić information content (AvgIpc) is 2.15. The van der Waals surface area contributed by atoms with Gasteiger partial charge < -0.3 is 19.9 Å². The molecule has 1 rings (SSSR count). The lowest BCUT2D eigenvalue weighted by Crippen LogP contribution is -2.53. The van der Waals surface area contributed by atoms with Gasteiger partial charge in [0.05, 0.1) is 11.2 Å². The number of aliphatic hydroxyl groups is 1. The predicted molar refractivity (Wildman–Crippen MR) is 67.2 cm³/mol. The molecular weight excluding hydrogens is 219 g/mol. The normalized spacial score (nSPS) is 12.6. The van der Waals surface area contributed by atoms with Crippen LogP contribution in [0.4, 0.5) is 0 Å². The molecule has 0 heterocycles. The highest BCUT2D eigenvalue weighted by Gasteiger charge is 2.40. The molecule has 0 radical (unpaired) electrons. The van der Waals surface area contributed by atoms with Crippen molar-refractivity contribution < 1.29 is 19.9 Å². The predicted octanol–water partition coefficient (Wildman–Crippen LogP) is 0.646. The van der Waals surface area contributed by atoms with Crippen molar-refractivity contribution in [2.24, 2.45) is 0 Å². The van der Waals surface area contributed by atoms with Crippen molar-refractivity contribution in [3.05, 3.63) is 24.3 Å². The highest BCUT2D eigenvalue weighted by Crippen LogP contribution is 2.25. The van der Waals surface area contributed by atoms with E-state index in [0.717, 1.165) is 0 Å². The Bertz CT molecular complexity index is 384. The Kier molecular flexibility index (Phi) is 3.86. The molecule has 17 heavy (non-hydrogen) atoms. The van der Waals surface area contributed by atoms with Crippen LogP contribution < -0.4 is 5.46 Å². The molecule has 0 aliphatic carbocycles. The summed E-state index contributed by atoms with van der Waals surface area (Å²) in [5.41, 5.74) is -1.78. The highest BCUT2D eigenvalue weighted by atomic mass is 16.5. The van der Waals surface area contributed by atoms with E-state index in [1.807, 2.05) is 0 Å². The lowest BCUT2D eigenvalue weighted by molar-refractivity contribution is -0.0983. The molecule has 1 aromatic carbocycles. The van der Waals surface area contributed by atoms with Crippen LogP contribution in [-0.2, 0) is 4.65 Å². The maximum atomic E-state index is 9.91. The molecule has 3 N–H and O–H groups in total. The topological polar surface area (TPSA) is 69.9 Å². The summed E-state index contributed by atoms with van der Waals surface area (Å²) in [5, 5.41) is 29.4. The summed E-state index contributed by atoms with van der Waals surface area (Å²) in [5.74, 6) is -0.0356. The minimum Gasteiger partial charge on any atom is -0.508 e. The molecule has 0 aliphatic heterocycles. The molecule has 0 aliphatic rings. The number of benzene rings is 1. The Morgan fingerprint density at radius 3 is 2.12 bits per heavy atom. The van der Waals surface area contributed by atoms with E-state index in [2.05, 4.69) is 0 Å². The van der Waals surface area contributed by atoms with Gasteiger partial charge >= 0.3 is 7.12 Å². The Hall–Kier alpha value is -1.04. The lowest BCUT2D eigenvalue weighted by atomic mass is 9.76. The third kappa shape index (κ3) is 3.22. The van der Waals surface area contributed by atoms with Crippen LogP contribution in [0.3, 0.4) is 0 Å². The number of phenols is 1. The molecule has 0 saturated carbocycles. The van der Waals surface area contributed by atoms with Crippen LogP contribution in [0.2, 0.25) is 0 Å². The van der Waals surface area contributed by atoms with Crippen LogP contribution in [-0.4, -0.2) is 33.6 Å². The highest BCUT2D eigenvalue weighted by molar-refractivity contribution is 6.61. The second-order valence-electron chi connectivity index (χ2n) is 5.10. The van der Waals surface area contributed by atoms with Crippen molar-refractivity contribution in [1.82, 2.24) is 0 Å². The van der Waals surface area contributed by atoms with Crippen molar-refractivity contribution in [1.29, 1.82) is 0 Å². The quantitative estimate of drug-likeness (QED) is 0.673. The van der Waals surface area contributed by atoms with Gasteiger partial charge in [-0.2, -0.15) is 0 Å². The molecule has 0 aromatic heterocycles. The number of para-hydroxylation sites is 1. The molecule has 94 valence electrons. The van der Waals surface area contributed by atoms with Gasteiger partial charge in [-0.05, 0) is 33.8 Å². The molecule has 0 amide bonds. The van der Waals surface area contributed by atoms with Gasteiger partial charge in [-0.1, -0.05) is 18.2 Å². The van der Waals surface area contributed by atoms with Crippen LogP contribution in [0, 0.1) is 0 Å². The molecule has 0 bridgehead atoms. The standard InChI is InChI=1S/C12H19BO4/c1-11(2,15)12(3,4)17-13(16)9-7-5-6-8-10(9)14/h5-8,14-16H,1-4H3. The Balaban J connectivity index is 2.87. The summed E-state index contributed by atoms with van der Waals surface area (Å²) in [7, 11) is -1.28. The van der Waals surface area contributed by atoms with Crippen LogP contribution in [0.15, 0.2) is 24.3 Å². The van der Waals surface area contributed by atoms with E-state index in [-0.39, 0.29) is 11.2 Å². The number of hydrogen-bond donors (Lipinski definition) is 3. The summed E-state index contributed by atoms with van der Waals surface area (Å²) in [6.07, 6.45) is 0. The minimum atomic E-state index is -1.28. The first-order valence-corrected chi connectivity index (χ1v) is 5.51. The summed E-state index contributed by atoms with van der Waals surface area (Å²) in [6.45, 7) is 6.56. The summed E-state index contributed by atoms with van der Waals surface area (Å²) in [6, 6.07) is 6.39. The molecule has 0 atom stereocenters. The van der Waals surface area contributed by atoms with Crippen LogP contribution in [0.25, 0.3) is 0 Å². The molecule has 1 aromatic rings. The number of hydrogen-bond acceptors (Lipinski definition) is 4. The molecule has 0 unspecified atom stereocenters. The van der Waals surface area contributed by atoms with Gasteiger partial charge in [0, 0.05) is 5.46 Å². The Morgan fingerprint density at radius 1 is 1.12 bits per heavy atom. The minimum absolute atomic E-state index is 0.0356. The van der Waals surface area contributed by atoms with E-state index in [1.54, 1.807) is 45.9 Å². The van der Waals surface area contributed by atoms with Crippen LogP contribution >= 0.6 is 0 Å². The van der Waals surface area contributed by atoms with E-state index in [9.17, 15) is 15.2 Å². The molecule has 0 spiro atoms. The van der Waals surface area contributed by atoms with E-state index in [1.165, 1.54) is 6.07 Å². The number of aromatic hydroxyl groups is 1. The maximum absolute atomic E-state index is 9.91. The average molecular weight is 238 g/mol. The van der Waals surface area contributed by atoms with Crippen molar-refractivity contribution in [3.8, 4) is 5.75 Å². The SMILES string of the molecule is CC(C)(O)C(C)(C)OB(O)c1ccccc1O. The zero-order valence-electron chi connectivity index (χ0n) is 10.6.